The van der Waals surface area contributed by atoms with Crippen molar-refractivity contribution in [1.29, 1.82) is 0 Å². The molecule has 0 aliphatic carbocycles. The lowest BCUT2D eigenvalue weighted by Gasteiger charge is -2.32. The number of fused-ring (bicyclic) bond motifs is 1. The summed E-state index contributed by atoms with van der Waals surface area (Å²) in [6, 6.07) is 7.91. The van der Waals surface area contributed by atoms with Gasteiger partial charge in [-0.3, -0.25) is 4.98 Å². The normalized spacial score (nSPS) is 20.3. The third-order valence-corrected chi connectivity index (χ3v) is 3.54. The smallest absolute Gasteiger partial charge is 0.147 e. The van der Waals surface area contributed by atoms with Crippen molar-refractivity contribution in [2.45, 2.75) is 12.8 Å². The van der Waals surface area contributed by atoms with Crippen LogP contribution in [0.5, 0.6) is 0 Å². The van der Waals surface area contributed by atoms with Gasteiger partial charge in [0.05, 0.1) is 17.2 Å². The number of aliphatic hydroxyl groups excluding tert-OH is 1. The van der Waals surface area contributed by atoms with Gasteiger partial charge in [0, 0.05) is 19.7 Å². The molecule has 2 heterocycles. The van der Waals surface area contributed by atoms with Gasteiger partial charge >= 0.3 is 0 Å². The van der Waals surface area contributed by atoms with Crippen LogP contribution in [-0.4, -0.2) is 34.8 Å². The Kier molecular flexibility index (Phi) is 3.11. The Labute approximate surface area is 106 Å². The van der Waals surface area contributed by atoms with Gasteiger partial charge in [0.1, 0.15) is 5.82 Å². The molecule has 94 valence electrons. The molecule has 4 heteroatoms. The van der Waals surface area contributed by atoms with Gasteiger partial charge in [0.15, 0.2) is 0 Å². The van der Waals surface area contributed by atoms with Crippen molar-refractivity contribution in [3.63, 3.8) is 0 Å². The van der Waals surface area contributed by atoms with E-state index in [1.165, 1.54) is 0 Å². The summed E-state index contributed by atoms with van der Waals surface area (Å²) in [6.45, 7) is 2.14. The average Bonchev–Trinajstić information content (AvgIpc) is 2.47. The number of nitrogens with zero attached hydrogens (tertiary/aromatic N) is 3. The molecule has 1 aliphatic heterocycles. The van der Waals surface area contributed by atoms with Gasteiger partial charge in [0.2, 0.25) is 0 Å². The van der Waals surface area contributed by atoms with Crippen molar-refractivity contribution >= 4 is 16.9 Å². The highest BCUT2D eigenvalue weighted by Crippen LogP contribution is 2.22. The molecule has 4 nitrogen and oxygen atoms in total. The first-order valence-electron chi connectivity index (χ1n) is 6.44. The summed E-state index contributed by atoms with van der Waals surface area (Å²) in [4.78, 5) is 11.3. The fourth-order valence-electron chi connectivity index (χ4n) is 2.52. The molecule has 1 N–H and O–H groups in total. The van der Waals surface area contributed by atoms with E-state index in [0.29, 0.717) is 5.92 Å². The molecule has 1 aromatic heterocycles. The zero-order valence-corrected chi connectivity index (χ0v) is 10.3. The van der Waals surface area contributed by atoms with Crippen LogP contribution in [0.15, 0.2) is 30.5 Å². The Morgan fingerprint density at radius 1 is 1.28 bits per heavy atom. The number of piperidine rings is 1. The van der Waals surface area contributed by atoms with Gasteiger partial charge in [-0.25, -0.2) is 4.98 Å². The summed E-state index contributed by atoms with van der Waals surface area (Å²) in [6.07, 6.45) is 4.05. The summed E-state index contributed by atoms with van der Waals surface area (Å²) >= 11 is 0. The van der Waals surface area contributed by atoms with Crippen molar-refractivity contribution in [2.75, 3.05) is 24.6 Å². The molecule has 0 unspecified atom stereocenters. The number of aliphatic hydroxyl groups is 1. The highest BCUT2D eigenvalue weighted by molar-refractivity contribution is 5.75. The summed E-state index contributed by atoms with van der Waals surface area (Å²) < 4.78 is 0. The van der Waals surface area contributed by atoms with Crippen molar-refractivity contribution < 1.29 is 5.11 Å². The summed E-state index contributed by atoms with van der Waals surface area (Å²) in [5.41, 5.74) is 1.86. The Hall–Kier alpha value is -1.68. The van der Waals surface area contributed by atoms with Crippen LogP contribution in [0.25, 0.3) is 11.0 Å². The lowest BCUT2D eigenvalue weighted by Crippen LogP contribution is -2.37. The number of anilines is 1. The Bertz CT molecular complexity index is 543. The molecule has 1 saturated heterocycles. The third-order valence-electron chi connectivity index (χ3n) is 3.54. The van der Waals surface area contributed by atoms with Crippen molar-refractivity contribution in [2.24, 2.45) is 5.92 Å². The molecular formula is C14H17N3O. The molecule has 1 aromatic carbocycles. The van der Waals surface area contributed by atoms with Crippen molar-refractivity contribution in [1.82, 2.24) is 9.97 Å². The van der Waals surface area contributed by atoms with Crippen LogP contribution in [-0.2, 0) is 0 Å². The summed E-state index contributed by atoms with van der Waals surface area (Å²) in [5, 5.41) is 9.26. The number of benzene rings is 1. The molecule has 18 heavy (non-hydrogen) atoms. The van der Waals surface area contributed by atoms with Crippen LogP contribution in [0.4, 0.5) is 5.82 Å². The number of rotatable bonds is 2. The zero-order valence-electron chi connectivity index (χ0n) is 10.3. The molecule has 2 aromatic rings. The van der Waals surface area contributed by atoms with Gasteiger partial charge in [-0.1, -0.05) is 12.1 Å². The Morgan fingerprint density at radius 2 is 2.11 bits per heavy atom. The number of hydrogen-bond donors (Lipinski definition) is 1. The first-order chi connectivity index (χ1) is 8.86. The lowest BCUT2D eigenvalue weighted by molar-refractivity contribution is 0.208. The molecule has 3 rings (SSSR count). The number of para-hydroxylation sites is 2. The molecule has 0 amide bonds. The topological polar surface area (TPSA) is 49.2 Å². The minimum atomic E-state index is 0.261. The van der Waals surface area contributed by atoms with Crippen LogP contribution < -0.4 is 4.90 Å². The van der Waals surface area contributed by atoms with E-state index in [9.17, 15) is 5.11 Å². The molecule has 1 atom stereocenters. The second kappa shape index (κ2) is 4.90. The van der Waals surface area contributed by atoms with Crippen LogP contribution in [0.3, 0.4) is 0 Å². The lowest BCUT2D eigenvalue weighted by atomic mass is 9.99. The molecular weight excluding hydrogens is 226 g/mol. The molecule has 0 radical (unpaired) electrons. The maximum absolute atomic E-state index is 9.26. The largest absolute Gasteiger partial charge is 0.396 e. The maximum Gasteiger partial charge on any atom is 0.147 e. The molecule has 1 fully saturated rings. The quantitative estimate of drug-likeness (QED) is 0.874. The van der Waals surface area contributed by atoms with Gasteiger partial charge in [0.25, 0.3) is 0 Å². The zero-order chi connectivity index (χ0) is 12.4. The molecule has 1 aliphatic rings. The SMILES string of the molecule is OC[C@H]1CCCN(c2cnc3ccccc3n2)C1. The highest BCUT2D eigenvalue weighted by Gasteiger charge is 2.20. The van der Waals surface area contributed by atoms with Gasteiger partial charge in [-0.2, -0.15) is 0 Å². The average molecular weight is 243 g/mol. The van der Waals surface area contributed by atoms with Crippen LogP contribution in [0, 0.1) is 5.92 Å². The van der Waals surface area contributed by atoms with Crippen molar-refractivity contribution in [3.8, 4) is 0 Å². The maximum atomic E-state index is 9.26. The van der Waals surface area contributed by atoms with Gasteiger partial charge in [-0.15, -0.1) is 0 Å². The number of aromatic nitrogens is 2. The second-order valence-electron chi connectivity index (χ2n) is 4.85. The van der Waals surface area contributed by atoms with Crippen LogP contribution >= 0.6 is 0 Å². The van der Waals surface area contributed by atoms with Gasteiger partial charge < -0.3 is 10.0 Å². The van der Waals surface area contributed by atoms with E-state index in [1.807, 2.05) is 30.5 Å². The van der Waals surface area contributed by atoms with E-state index in [-0.39, 0.29) is 6.61 Å². The Balaban J connectivity index is 1.89. The Morgan fingerprint density at radius 3 is 2.94 bits per heavy atom. The van der Waals surface area contributed by atoms with Crippen LogP contribution in [0.2, 0.25) is 0 Å². The standard InChI is InChI=1S/C14H17N3O/c18-10-11-4-3-7-17(9-11)14-8-15-12-5-1-2-6-13(12)16-14/h1-2,5-6,8,11,18H,3-4,7,9-10H2/t11-/m0/s1. The molecule has 0 saturated carbocycles. The fourth-order valence-corrected chi connectivity index (χ4v) is 2.52. The van der Waals surface area contributed by atoms with E-state index < -0.39 is 0 Å². The number of hydrogen-bond acceptors (Lipinski definition) is 4. The van der Waals surface area contributed by atoms with E-state index in [4.69, 9.17) is 0 Å². The van der Waals surface area contributed by atoms with E-state index >= 15 is 0 Å². The summed E-state index contributed by atoms with van der Waals surface area (Å²) in [5.74, 6) is 1.29. The van der Waals surface area contributed by atoms with E-state index in [2.05, 4.69) is 14.9 Å². The van der Waals surface area contributed by atoms with Gasteiger partial charge in [-0.05, 0) is 30.9 Å². The minimum Gasteiger partial charge on any atom is -0.396 e. The fraction of sp³-hybridized carbons (Fsp3) is 0.429. The summed E-state index contributed by atoms with van der Waals surface area (Å²) in [7, 11) is 0. The molecule has 0 spiro atoms. The van der Waals surface area contributed by atoms with E-state index in [0.717, 1.165) is 42.8 Å². The van der Waals surface area contributed by atoms with Crippen LogP contribution in [0.1, 0.15) is 12.8 Å². The van der Waals surface area contributed by atoms with Crippen molar-refractivity contribution in [3.05, 3.63) is 30.5 Å². The minimum absolute atomic E-state index is 0.261. The predicted molar refractivity (Wildman–Crippen MR) is 71.6 cm³/mol. The first kappa shape index (κ1) is 11.4. The third kappa shape index (κ3) is 2.16. The van der Waals surface area contributed by atoms with E-state index in [1.54, 1.807) is 0 Å². The predicted octanol–water partition coefficient (Wildman–Crippen LogP) is 1.84. The monoisotopic (exact) mass is 243 g/mol. The first-order valence-corrected chi connectivity index (χ1v) is 6.44. The second-order valence-corrected chi connectivity index (χ2v) is 4.85. The highest BCUT2D eigenvalue weighted by atomic mass is 16.3. The molecule has 0 bridgehead atoms.